The van der Waals surface area contributed by atoms with E-state index in [0.29, 0.717) is 18.9 Å². The van der Waals surface area contributed by atoms with Gasteiger partial charge in [0.15, 0.2) is 0 Å². The molecule has 4 N–H and O–H groups in total. The van der Waals surface area contributed by atoms with Crippen molar-refractivity contribution >= 4 is 12.3 Å². The van der Waals surface area contributed by atoms with Crippen LogP contribution in [0.4, 0.5) is 0 Å². The molecular weight excluding hydrogens is 352 g/mol. The second-order valence-corrected chi connectivity index (χ2v) is 8.00. The maximum absolute atomic E-state index is 11.5. The fourth-order valence-electron chi connectivity index (χ4n) is 4.09. The Morgan fingerprint density at radius 1 is 1.29 bits per heavy atom. The van der Waals surface area contributed by atoms with Crippen LogP contribution >= 0.6 is 0 Å². The Labute approximate surface area is 170 Å². The second-order valence-electron chi connectivity index (χ2n) is 8.00. The van der Waals surface area contributed by atoms with E-state index in [4.69, 9.17) is 10.8 Å². The molecule has 0 saturated carbocycles. The van der Waals surface area contributed by atoms with Crippen molar-refractivity contribution in [2.75, 3.05) is 20.1 Å². The van der Waals surface area contributed by atoms with Crippen molar-refractivity contribution in [3.8, 4) is 0 Å². The molecular formula is C23H40N2O3. The standard InChI is InChI=1S/C23H40N2O3/c1-25-17-20(9-7-11-23(27)28)8-5-3-2-4-6-10-22(18-26)21-13-12-19(16-21)14-15-24/h9,16,18,21-22,25H,2-8,10-15,17,24H2,1H3,(H,27,28)/b20-9-/t21-,22+/m0/s1. The van der Waals surface area contributed by atoms with Gasteiger partial charge in [-0.15, -0.1) is 0 Å². The molecule has 0 amide bonds. The maximum atomic E-state index is 11.5. The van der Waals surface area contributed by atoms with Gasteiger partial charge in [-0.25, -0.2) is 0 Å². The van der Waals surface area contributed by atoms with Crippen LogP contribution in [-0.2, 0) is 9.59 Å². The zero-order chi connectivity index (χ0) is 20.6. The molecule has 0 spiro atoms. The zero-order valence-electron chi connectivity index (χ0n) is 17.6. The maximum Gasteiger partial charge on any atom is 0.303 e. The van der Waals surface area contributed by atoms with Crippen LogP contribution < -0.4 is 11.1 Å². The highest BCUT2D eigenvalue weighted by molar-refractivity contribution is 5.66. The van der Waals surface area contributed by atoms with Gasteiger partial charge in [-0.05, 0) is 64.5 Å². The molecule has 0 aromatic heterocycles. The fourth-order valence-corrected chi connectivity index (χ4v) is 4.09. The second kappa shape index (κ2) is 15.5. The SMILES string of the molecule is CNC/C(=C\CCC(=O)O)CCCCCCC[C@H](C=O)[C@@H]1C=C(CCN)CC1. The van der Waals surface area contributed by atoms with Crippen LogP contribution in [0.5, 0.6) is 0 Å². The lowest BCUT2D eigenvalue weighted by Crippen LogP contribution is -2.12. The molecule has 0 fully saturated rings. The number of aliphatic carboxylic acids is 1. The van der Waals surface area contributed by atoms with Gasteiger partial charge in [-0.1, -0.05) is 49.0 Å². The predicted molar refractivity (Wildman–Crippen MR) is 115 cm³/mol. The summed E-state index contributed by atoms with van der Waals surface area (Å²) in [4.78, 5) is 22.1. The third-order valence-corrected chi connectivity index (χ3v) is 5.67. The smallest absolute Gasteiger partial charge is 0.303 e. The quantitative estimate of drug-likeness (QED) is 0.196. The summed E-state index contributed by atoms with van der Waals surface area (Å²) in [7, 11) is 1.92. The minimum atomic E-state index is -0.739. The van der Waals surface area contributed by atoms with Crippen LogP contribution in [0.25, 0.3) is 0 Å². The fraction of sp³-hybridized carbons (Fsp3) is 0.739. The number of hydrogen-bond acceptors (Lipinski definition) is 4. The first-order chi connectivity index (χ1) is 13.6. The van der Waals surface area contributed by atoms with E-state index in [9.17, 15) is 9.59 Å². The number of likely N-dealkylation sites (N-methyl/N-ethyl adjacent to an activating group) is 1. The van der Waals surface area contributed by atoms with Gasteiger partial charge in [0.25, 0.3) is 0 Å². The highest BCUT2D eigenvalue weighted by Gasteiger charge is 2.23. The number of unbranched alkanes of at least 4 members (excludes halogenated alkanes) is 4. The van der Waals surface area contributed by atoms with Crippen LogP contribution in [-0.4, -0.2) is 37.5 Å². The molecule has 5 nitrogen and oxygen atoms in total. The van der Waals surface area contributed by atoms with Crippen molar-refractivity contribution < 1.29 is 14.7 Å². The van der Waals surface area contributed by atoms with Crippen LogP contribution in [0.2, 0.25) is 0 Å². The molecule has 1 rings (SSSR count). The largest absolute Gasteiger partial charge is 0.481 e. The van der Waals surface area contributed by atoms with E-state index in [2.05, 4.69) is 17.5 Å². The third-order valence-electron chi connectivity index (χ3n) is 5.67. The summed E-state index contributed by atoms with van der Waals surface area (Å²) in [5, 5.41) is 11.9. The monoisotopic (exact) mass is 392 g/mol. The van der Waals surface area contributed by atoms with Crippen LogP contribution in [0.3, 0.4) is 0 Å². The summed E-state index contributed by atoms with van der Waals surface area (Å²) in [5.74, 6) is -0.133. The highest BCUT2D eigenvalue weighted by atomic mass is 16.4. The summed E-state index contributed by atoms with van der Waals surface area (Å²) < 4.78 is 0. The normalized spacial score (nSPS) is 18.1. The Hall–Kier alpha value is -1.46. The van der Waals surface area contributed by atoms with E-state index >= 15 is 0 Å². The summed E-state index contributed by atoms with van der Waals surface area (Å²) in [5.41, 5.74) is 8.38. The molecule has 0 bridgehead atoms. The molecule has 0 aliphatic heterocycles. The molecule has 0 aromatic rings. The highest BCUT2D eigenvalue weighted by Crippen LogP contribution is 2.33. The van der Waals surface area contributed by atoms with Crippen molar-refractivity contribution in [1.82, 2.24) is 5.32 Å². The number of nitrogens with one attached hydrogen (secondary N) is 1. The van der Waals surface area contributed by atoms with E-state index in [1.54, 1.807) is 0 Å². The van der Waals surface area contributed by atoms with E-state index in [-0.39, 0.29) is 12.3 Å². The Morgan fingerprint density at radius 3 is 2.71 bits per heavy atom. The molecule has 0 unspecified atom stereocenters. The molecule has 2 atom stereocenters. The third kappa shape index (κ3) is 10.8. The van der Waals surface area contributed by atoms with Gasteiger partial charge in [0, 0.05) is 18.9 Å². The first-order valence-electron chi connectivity index (χ1n) is 11.0. The molecule has 0 radical (unpaired) electrons. The van der Waals surface area contributed by atoms with Crippen molar-refractivity contribution in [3.63, 3.8) is 0 Å². The molecule has 28 heavy (non-hydrogen) atoms. The number of hydrogen-bond donors (Lipinski definition) is 3. The molecule has 0 saturated heterocycles. The van der Waals surface area contributed by atoms with E-state index in [0.717, 1.165) is 51.5 Å². The minimum Gasteiger partial charge on any atom is -0.481 e. The number of rotatable bonds is 17. The van der Waals surface area contributed by atoms with Gasteiger partial charge in [0.1, 0.15) is 6.29 Å². The molecule has 1 aliphatic rings. The van der Waals surface area contributed by atoms with E-state index in [1.807, 2.05) is 7.05 Å². The van der Waals surface area contributed by atoms with Crippen molar-refractivity contribution in [2.24, 2.45) is 17.6 Å². The minimum absolute atomic E-state index is 0.176. The number of aldehydes is 1. The molecule has 5 heteroatoms. The summed E-state index contributed by atoms with van der Waals surface area (Å²) in [6, 6.07) is 0. The van der Waals surface area contributed by atoms with Gasteiger partial charge in [0.05, 0.1) is 0 Å². The van der Waals surface area contributed by atoms with Crippen molar-refractivity contribution in [3.05, 3.63) is 23.3 Å². The van der Waals surface area contributed by atoms with Crippen LogP contribution in [0.1, 0.15) is 77.0 Å². The topological polar surface area (TPSA) is 92.4 Å². The number of allylic oxidation sites excluding steroid dienone is 2. The predicted octanol–water partition coefficient (Wildman–Crippen LogP) is 4.23. The van der Waals surface area contributed by atoms with E-state index < -0.39 is 5.97 Å². The van der Waals surface area contributed by atoms with E-state index in [1.165, 1.54) is 36.7 Å². The number of carboxylic acid groups (broad SMARTS) is 1. The number of carbonyl (C=O) groups is 2. The molecule has 1 aliphatic carbocycles. The summed E-state index contributed by atoms with van der Waals surface area (Å²) in [6.07, 6.45) is 17.4. The first kappa shape index (κ1) is 24.6. The Bertz CT molecular complexity index is 514. The number of carboxylic acids is 1. The summed E-state index contributed by atoms with van der Waals surface area (Å²) >= 11 is 0. The van der Waals surface area contributed by atoms with Gasteiger partial charge in [-0.2, -0.15) is 0 Å². The van der Waals surface area contributed by atoms with Crippen LogP contribution in [0, 0.1) is 11.8 Å². The lowest BCUT2D eigenvalue weighted by molar-refractivity contribution is -0.136. The number of carbonyl (C=O) groups excluding carboxylic acids is 1. The number of nitrogens with two attached hydrogens (primary N) is 1. The van der Waals surface area contributed by atoms with Crippen LogP contribution in [0.15, 0.2) is 23.3 Å². The molecule has 0 aromatic carbocycles. The Morgan fingerprint density at radius 2 is 2.04 bits per heavy atom. The lowest BCUT2D eigenvalue weighted by atomic mass is 9.88. The molecule has 0 heterocycles. The first-order valence-corrected chi connectivity index (χ1v) is 11.0. The van der Waals surface area contributed by atoms with Crippen molar-refractivity contribution in [1.29, 1.82) is 0 Å². The Kier molecular flexibility index (Phi) is 13.6. The Balaban J connectivity index is 2.17. The van der Waals surface area contributed by atoms with Gasteiger partial charge in [0.2, 0.25) is 0 Å². The van der Waals surface area contributed by atoms with Gasteiger partial charge in [-0.3, -0.25) is 4.79 Å². The average Bonchev–Trinajstić information content (AvgIpc) is 3.12. The van der Waals surface area contributed by atoms with Crippen molar-refractivity contribution in [2.45, 2.75) is 77.0 Å². The van der Waals surface area contributed by atoms with Gasteiger partial charge >= 0.3 is 5.97 Å². The lowest BCUT2D eigenvalue weighted by Gasteiger charge is -2.15. The van der Waals surface area contributed by atoms with Gasteiger partial charge < -0.3 is 21.0 Å². The average molecular weight is 393 g/mol. The molecule has 160 valence electrons. The summed E-state index contributed by atoms with van der Waals surface area (Å²) in [6.45, 7) is 1.54. The zero-order valence-corrected chi connectivity index (χ0v) is 17.6.